The average Bonchev–Trinajstić information content (AvgIpc) is 3.03. The van der Waals surface area contributed by atoms with E-state index in [9.17, 15) is 23.1 Å². The number of rotatable bonds is 8. The van der Waals surface area contributed by atoms with E-state index < -0.39 is 34.0 Å². The minimum Gasteiger partial charge on any atom is -0.480 e. The van der Waals surface area contributed by atoms with Crippen LogP contribution in [0.1, 0.15) is 38.7 Å². The second kappa shape index (κ2) is 8.64. The first-order valence-corrected chi connectivity index (χ1v) is 10.4. The van der Waals surface area contributed by atoms with Crippen LogP contribution in [0.25, 0.3) is 0 Å². The van der Waals surface area contributed by atoms with E-state index in [-0.39, 0.29) is 11.7 Å². The monoisotopic (exact) mass is 382 g/mol. The maximum Gasteiger partial charge on any atom is 0.326 e. The molecule has 0 unspecified atom stereocenters. The molecule has 0 saturated carbocycles. The van der Waals surface area contributed by atoms with E-state index in [4.69, 9.17) is 0 Å². The Balaban J connectivity index is 2.16. The molecule has 2 atom stereocenters. The number of carboxylic acids is 1. The molecule has 2 N–H and O–H groups in total. The number of likely N-dealkylation sites (tertiary alicyclic amines) is 1. The van der Waals surface area contributed by atoms with Crippen LogP contribution < -0.4 is 4.72 Å². The smallest absolute Gasteiger partial charge is 0.326 e. The van der Waals surface area contributed by atoms with Gasteiger partial charge in [0.15, 0.2) is 0 Å². The highest BCUT2D eigenvalue weighted by molar-refractivity contribution is 7.88. The predicted molar refractivity (Wildman–Crippen MR) is 97.8 cm³/mol. The first kappa shape index (κ1) is 20.4. The van der Waals surface area contributed by atoms with Gasteiger partial charge >= 0.3 is 5.97 Å². The van der Waals surface area contributed by atoms with E-state index >= 15 is 0 Å². The fourth-order valence-corrected chi connectivity index (χ4v) is 4.56. The third kappa shape index (κ3) is 5.54. The maximum absolute atomic E-state index is 12.9. The molecule has 0 bridgehead atoms. The van der Waals surface area contributed by atoms with Crippen molar-refractivity contribution < 1.29 is 23.1 Å². The maximum atomic E-state index is 12.9. The lowest BCUT2D eigenvalue weighted by molar-refractivity contribution is -0.149. The topological polar surface area (TPSA) is 104 Å². The molecule has 26 heavy (non-hydrogen) atoms. The van der Waals surface area contributed by atoms with E-state index in [0.29, 0.717) is 31.4 Å². The van der Waals surface area contributed by atoms with Gasteiger partial charge in [0.25, 0.3) is 0 Å². The van der Waals surface area contributed by atoms with Crippen molar-refractivity contribution in [3.05, 3.63) is 35.9 Å². The average molecular weight is 382 g/mol. The molecule has 1 heterocycles. The van der Waals surface area contributed by atoms with Crippen LogP contribution in [0.5, 0.6) is 0 Å². The van der Waals surface area contributed by atoms with Gasteiger partial charge in [-0.15, -0.1) is 0 Å². The number of carboxylic acid groups (broad SMARTS) is 1. The Bertz CT molecular complexity index is 733. The highest BCUT2D eigenvalue weighted by Crippen LogP contribution is 2.21. The Morgan fingerprint density at radius 1 is 1.27 bits per heavy atom. The first-order chi connectivity index (χ1) is 12.2. The number of carbonyl (C=O) groups excluding carboxylic acids is 1. The van der Waals surface area contributed by atoms with Crippen molar-refractivity contribution in [3.8, 4) is 0 Å². The Morgan fingerprint density at radius 2 is 1.92 bits per heavy atom. The Morgan fingerprint density at radius 3 is 2.50 bits per heavy atom. The highest BCUT2D eigenvalue weighted by Gasteiger charge is 2.38. The van der Waals surface area contributed by atoms with Gasteiger partial charge in [-0.3, -0.25) is 4.79 Å². The molecular formula is C18H26N2O5S. The molecule has 0 aromatic heterocycles. The zero-order valence-electron chi connectivity index (χ0n) is 15.1. The number of carbonyl (C=O) groups is 2. The SMILES string of the molecule is CC(C)C[C@@H](NS(=O)(=O)Cc1ccccc1)C(=O)N1CCC[C@H]1C(=O)O. The van der Waals surface area contributed by atoms with Crippen LogP contribution in [0.15, 0.2) is 30.3 Å². The minimum absolute atomic E-state index is 0.0780. The summed E-state index contributed by atoms with van der Waals surface area (Å²) in [6, 6.07) is 6.89. The Labute approximate surface area is 154 Å². The van der Waals surface area contributed by atoms with Crippen LogP contribution in [0.4, 0.5) is 0 Å². The number of hydrogen-bond donors (Lipinski definition) is 2. The number of hydrogen-bond acceptors (Lipinski definition) is 4. The van der Waals surface area contributed by atoms with E-state index in [1.807, 2.05) is 13.8 Å². The molecule has 1 saturated heterocycles. The second-order valence-corrected chi connectivity index (χ2v) is 8.83. The quantitative estimate of drug-likeness (QED) is 0.711. The molecule has 144 valence electrons. The summed E-state index contributed by atoms with van der Waals surface area (Å²) in [4.78, 5) is 25.5. The van der Waals surface area contributed by atoms with Gasteiger partial charge in [-0.05, 0) is 30.7 Å². The fraction of sp³-hybridized carbons (Fsp3) is 0.556. The molecule has 0 aliphatic carbocycles. The largest absolute Gasteiger partial charge is 0.480 e. The fourth-order valence-electron chi connectivity index (χ4n) is 3.21. The molecule has 1 aliphatic heterocycles. The van der Waals surface area contributed by atoms with Crippen molar-refractivity contribution in [1.29, 1.82) is 0 Å². The zero-order chi connectivity index (χ0) is 19.3. The Kier molecular flexibility index (Phi) is 6.77. The lowest BCUT2D eigenvalue weighted by Crippen LogP contribution is -2.52. The zero-order valence-corrected chi connectivity index (χ0v) is 15.9. The summed E-state index contributed by atoms with van der Waals surface area (Å²) >= 11 is 0. The van der Waals surface area contributed by atoms with E-state index in [1.54, 1.807) is 30.3 Å². The summed E-state index contributed by atoms with van der Waals surface area (Å²) in [5, 5.41) is 9.29. The normalized spacial score (nSPS) is 18.9. The van der Waals surface area contributed by atoms with Gasteiger partial charge in [0, 0.05) is 6.54 Å². The van der Waals surface area contributed by atoms with Gasteiger partial charge in [0.1, 0.15) is 12.1 Å². The van der Waals surface area contributed by atoms with Gasteiger partial charge in [-0.1, -0.05) is 44.2 Å². The molecule has 0 spiro atoms. The standard InChI is InChI=1S/C18H26N2O5S/c1-13(2)11-15(17(21)20-10-6-9-16(20)18(22)23)19-26(24,25)12-14-7-4-3-5-8-14/h3-5,7-8,13,15-16,19H,6,9-12H2,1-2H3,(H,22,23)/t15-,16+/m1/s1. The van der Waals surface area contributed by atoms with Crippen LogP contribution in [0, 0.1) is 5.92 Å². The summed E-state index contributed by atoms with van der Waals surface area (Å²) in [7, 11) is -3.74. The van der Waals surface area contributed by atoms with Crippen molar-refractivity contribution in [3.63, 3.8) is 0 Å². The van der Waals surface area contributed by atoms with Gasteiger partial charge in [0.2, 0.25) is 15.9 Å². The summed E-state index contributed by atoms with van der Waals surface area (Å²) in [6.45, 7) is 4.12. The van der Waals surface area contributed by atoms with Gasteiger partial charge in [-0.2, -0.15) is 0 Å². The van der Waals surface area contributed by atoms with Crippen molar-refractivity contribution in [2.45, 2.75) is 50.9 Å². The molecule has 1 aliphatic rings. The molecule has 1 fully saturated rings. The number of sulfonamides is 1. The van der Waals surface area contributed by atoms with E-state index in [1.165, 1.54) is 4.90 Å². The third-order valence-corrected chi connectivity index (χ3v) is 5.70. The number of nitrogens with one attached hydrogen (secondary N) is 1. The molecule has 2 rings (SSSR count). The van der Waals surface area contributed by atoms with Crippen LogP contribution in [0.3, 0.4) is 0 Å². The third-order valence-electron chi connectivity index (χ3n) is 4.35. The number of amides is 1. The number of nitrogens with zero attached hydrogens (tertiary/aromatic N) is 1. The van der Waals surface area contributed by atoms with Crippen molar-refractivity contribution in [2.75, 3.05) is 6.54 Å². The highest BCUT2D eigenvalue weighted by atomic mass is 32.2. The van der Waals surface area contributed by atoms with E-state index in [2.05, 4.69) is 4.72 Å². The molecular weight excluding hydrogens is 356 g/mol. The lowest BCUT2D eigenvalue weighted by atomic mass is 10.0. The first-order valence-electron chi connectivity index (χ1n) is 8.77. The number of aliphatic carboxylic acids is 1. The molecule has 7 nitrogen and oxygen atoms in total. The molecule has 8 heteroatoms. The summed E-state index contributed by atoms with van der Waals surface area (Å²) in [5.41, 5.74) is 0.625. The van der Waals surface area contributed by atoms with Gasteiger partial charge in [0.05, 0.1) is 5.75 Å². The second-order valence-electron chi connectivity index (χ2n) is 7.07. The summed E-state index contributed by atoms with van der Waals surface area (Å²) < 4.78 is 27.6. The van der Waals surface area contributed by atoms with E-state index in [0.717, 1.165) is 0 Å². The molecule has 1 amide bonds. The van der Waals surface area contributed by atoms with Crippen LogP contribution >= 0.6 is 0 Å². The number of benzene rings is 1. The van der Waals surface area contributed by atoms with Gasteiger partial charge in [-0.25, -0.2) is 17.9 Å². The Hall–Kier alpha value is -1.93. The predicted octanol–water partition coefficient (Wildman–Crippen LogP) is 1.60. The van der Waals surface area contributed by atoms with Crippen LogP contribution in [0.2, 0.25) is 0 Å². The van der Waals surface area contributed by atoms with Crippen molar-refractivity contribution in [1.82, 2.24) is 9.62 Å². The summed E-state index contributed by atoms with van der Waals surface area (Å²) in [5.74, 6) is -1.65. The lowest BCUT2D eigenvalue weighted by Gasteiger charge is -2.28. The molecule has 0 radical (unpaired) electrons. The van der Waals surface area contributed by atoms with Crippen molar-refractivity contribution >= 4 is 21.9 Å². The van der Waals surface area contributed by atoms with Crippen LogP contribution in [-0.2, 0) is 25.4 Å². The summed E-state index contributed by atoms with van der Waals surface area (Å²) in [6.07, 6.45) is 1.32. The molecule has 1 aromatic carbocycles. The van der Waals surface area contributed by atoms with Gasteiger partial charge < -0.3 is 10.0 Å². The van der Waals surface area contributed by atoms with Crippen LogP contribution in [-0.4, -0.2) is 48.9 Å². The minimum atomic E-state index is -3.74. The van der Waals surface area contributed by atoms with Crippen molar-refractivity contribution in [2.24, 2.45) is 5.92 Å². The molecule has 1 aromatic rings.